The lowest BCUT2D eigenvalue weighted by molar-refractivity contribution is -0.119. The second kappa shape index (κ2) is 3.70. The third-order valence-electron chi connectivity index (χ3n) is 2.54. The number of rotatable bonds is 2. The van der Waals surface area contributed by atoms with Crippen molar-refractivity contribution in [1.82, 2.24) is 5.43 Å². The van der Waals surface area contributed by atoms with Crippen molar-refractivity contribution in [3.63, 3.8) is 0 Å². The largest absolute Gasteiger partial charge is 0.282 e. The minimum absolute atomic E-state index is 0.112. The van der Waals surface area contributed by atoms with Gasteiger partial charge < -0.3 is 0 Å². The summed E-state index contributed by atoms with van der Waals surface area (Å²) in [6.45, 7) is 2.10. The Hall–Kier alpha value is -1.51. The molecule has 0 radical (unpaired) electrons. The van der Waals surface area contributed by atoms with Gasteiger partial charge in [0.05, 0.1) is 18.2 Å². The molecule has 1 N–H and O–H groups in total. The van der Waals surface area contributed by atoms with E-state index in [1.165, 1.54) is 0 Å². The molecule has 1 saturated heterocycles. The van der Waals surface area contributed by atoms with Crippen molar-refractivity contribution in [2.24, 2.45) is 0 Å². The summed E-state index contributed by atoms with van der Waals surface area (Å²) in [7, 11) is 0. The fourth-order valence-corrected chi connectivity index (χ4v) is 1.77. The highest BCUT2D eigenvalue weighted by Crippen LogP contribution is 2.21. The molecule has 1 aliphatic rings. The van der Waals surface area contributed by atoms with Crippen LogP contribution in [0.15, 0.2) is 30.3 Å². The summed E-state index contributed by atoms with van der Waals surface area (Å²) in [5, 5.41) is 1.96. The summed E-state index contributed by atoms with van der Waals surface area (Å²) >= 11 is 0. The lowest BCUT2D eigenvalue weighted by Crippen LogP contribution is -2.38. The summed E-state index contributed by atoms with van der Waals surface area (Å²) in [6.07, 6.45) is 1.58. The smallest absolute Gasteiger partial charge is 0.240 e. The number of hydrogen-bond donors (Lipinski definition) is 1. The molecule has 14 heavy (non-hydrogen) atoms. The van der Waals surface area contributed by atoms with Gasteiger partial charge in [-0.05, 0) is 18.6 Å². The van der Waals surface area contributed by atoms with Gasteiger partial charge in [0.2, 0.25) is 5.91 Å². The number of hydrazine groups is 1. The molecule has 0 saturated carbocycles. The van der Waals surface area contributed by atoms with Gasteiger partial charge in [-0.1, -0.05) is 25.1 Å². The molecule has 1 unspecified atom stereocenters. The molecular weight excluding hydrogens is 176 g/mol. The van der Waals surface area contributed by atoms with Crippen LogP contribution in [0.1, 0.15) is 19.8 Å². The fourth-order valence-electron chi connectivity index (χ4n) is 1.77. The Morgan fingerprint density at radius 1 is 1.43 bits per heavy atom. The molecule has 74 valence electrons. The van der Waals surface area contributed by atoms with Crippen molar-refractivity contribution < 1.29 is 4.79 Å². The molecule has 1 heterocycles. The van der Waals surface area contributed by atoms with Gasteiger partial charge in [0.25, 0.3) is 0 Å². The number of carbonyl (C=O) groups excluding carboxylic acids is 1. The van der Waals surface area contributed by atoms with E-state index in [-0.39, 0.29) is 5.91 Å². The molecule has 1 amide bonds. The summed E-state index contributed by atoms with van der Waals surface area (Å²) in [6, 6.07) is 10.2. The number of nitrogens with one attached hydrogen (secondary N) is 1. The summed E-state index contributed by atoms with van der Waals surface area (Å²) in [5.41, 5.74) is 3.93. The Kier molecular flexibility index (Phi) is 2.39. The van der Waals surface area contributed by atoms with Gasteiger partial charge in [-0.2, -0.15) is 0 Å². The topological polar surface area (TPSA) is 32.3 Å². The lowest BCUT2D eigenvalue weighted by atomic mass is 10.1. The van der Waals surface area contributed by atoms with E-state index >= 15 is 0 Å². The van der Waals surface area contributed by atoms with Crippen molar-refractivity contribution in [3.8, 4) is 0 Å². The van der Waals surface area contributed by atoms with Crippen molar-refractivity contribution in [1.29, 1.82) is 0 Å². The first kappa shape index (κ1) is 9.06. The highest BCUT2D eigenvalue weighted by atomic mass is 16.2. The van der Waals surface area contributed by atoms with Crippen LogP contribution < -0.4 is 10.4 Å². The number of amides is 1. The Morgan fingerprint density at radius 3 is 2.79 bits per heavy atom. The average molecular weight is 190 g/mol. The molecule has 1 aromatic rings. The van der Waals surface area contributed by atoms with Crippen LogP contribution in [0, 0.1) is 0 Å². The van der Waals surface area contributed by atoms with Crippen LogP contribution in [0.4, 0.5) is 5.69 Å². The van der Waals surface area contributed by atoms with E-state index < -0.39 is 0 Å². The Morgan fingerprint density at radius 2 is 2.14 bits per heavy atom. The van der Waals surface area contributed by atoms with Gasteiger partial charge in [-0.25, -0.2) is 0 Å². The van der Waals surface area contributed by atoms with Crippen LogP contribution in [0.3, 0.4) is 0 Å². The fraction of sp³-hybridized carbons (Fsp3) is 0.364. The first-order valence-electron chi connectivity index (χ1n) is 4.95. The van der Waals surface area contributed by atoms with Crippen LogP contribution in [-0.2, 0) is 4.79 Å². The maximum absolute atomic E-state index is 11.2. The molecular formula is C11H14N2O. The van der Waals surface area contributed by atoms with Crippen molar-refractivity contribution in [2.45, 2.75) is 25.8 Å². The molecule has 3 nitrogen and oxygen atoms in total. The first-order valence-corrected chi connectivity index (χ1v) is 4.95. The van der Waals surface area contributed by atoms with E-state index in [1.807, 2.05) is 35.3 Å². The number of carbonyl (C=O) groups is 1. The lowest BCUT2D eigenvalue weighted by Gasteiger charge is -2.24. The second-order valence-corrected chi connectivity index (χ2v) is 3.51. The number of benzene rings is 1. The number of anilines is 1. The highest BCUT2D eigenvalue weighted by molar-refractivity contribution is 5.82. The van der Waals surface area contributed by atoms with Crippen molar-refractivity contribution in [2.75, 3.05) is 5.01 Å². The van der Waals surface area contributed by atoms with Crippen LogP contribution in [-0.4, -0.2) is 11.9 Å². The normalized spacial score (nSPS) is 21.1. The molecule has 0 bridgehead atoms. The zero-order valence-electron chi connectivity index (χ0n) is 8.23. The Labute approximate surface area is 83.7 Å². The van der Waals surface area contributed by atoms with E-state index in [9.17, 15) is 4.79 Å². The molecule has 3 heteroatoms. The summed E-state index contributed by atoms with van der Waals surface area (Å²) < 4.78 is 0. The van der Waals surface area contributed by atoms with Gasteiger partial charge in [-0.3, -0.25) is 15.2 Å². The van der Waals surface area contributed by atoms with Gasteiger partial charge in [0.15, 0.2) is 0 Å². The predicted octanol–water partition coefficient (Wildman–Crippen LogP) is 1.71. The molecule has 0 aliphatic carbocycles. The van der Waals surface area contributed by atoms with Crippen molar-refractivity contribution >= 4 is 11.6 Å². The third-order valence-corrected chi connectivity index (χ3v) is 2.54. The van der Waals surface area contributed by atoms with Gasteiger partial charge >= 0.3 is 0 Å². The van der Waals surface area contributed by atoms with Gasteiger partial charge in [-0.15, -0.1) is 0 Å². The molecule has 0 aromatic heterocycles. The summed E-state index contributed by atoms with van der Waals surface area (Å²) in [4.78, 5) is 11.2. The average Bonchev–Trinajstić information content (AvgIpc) is 2.61. The SMILES string of the molecule is CCC1CC(=O)NN1c1ccccc1. The first-order chi connectivity index (χ1) is 6.81. The molecule has 1 fully saturated rings. The highest BCUT2D eigenvalue weighted by Gasteiger charge is 2.28. The molecule has 2 rings (SSSR count). The second-order valence-electron chi connectivity index (χ2n) is 3.51. The van der Waals surface area contributed by atoms with Crippen LogP contribution in [0.5, 0.6) is 0 Å². The molecule has 1 aromatic carbocycles. The van der Waals surface area contributed by atoms with Crippen LogP contribution >= 0.6 is 0 Å². The van der Waals surface area contributed by atoms with E-state index in [4.69, 9.17) is 0 Å². The summed E-state index contributed by atoms with van der Waals surface area (Å²) in [5.74, 6) is 0.112. The number of nitrogens with zero attached hydrogens (tertiary/aromatic N) is 1. The van der Waals surface area contributed by atoms with E-state index in [0.29, 0.717) is 12.5 Å². The zero-order valence-corrected chi connectivity index (χ0v) is 8.23. The van der Waals surface area contributed by atoms with Crippen molar-refractivity contribution in [3.05, 3.63) is 30.3 Å². The predicted molar refractivity (Wildman–Crippen MR) is 55.8 cm³/mol. The van der Waals surface area contributed by atoms with Crippen LogP contribution in [0.2, 0.25) is 0 Å². The number of para-hydroxylation sites is 1. The number of hydrogen-bond acceptors (Lipinski definition) is 2. The van der Waals surface area contributed by atoms with E-state index in [2.05, 4.69) is 12.3 Å². The van der Waals surface area contributed by atoms with E-state index in [1.54, 1.807) is 0 Å². The zero-order chi connectivity index (χ0) is 9.97. The Balaban J connectivity index is 2.22. The standard InChI is InChI=1S/C11H14N2O/c1-2-9-8-11(14)12-13(9)10-6-4-3-5-7-10/h3-7,9H,2,8H2,1H3,(H,12,14). The third kappa shape index (κ3) is 1.58. The minimum atomic E-state index is 0.112. The van der Waals surface area contributed by atoms with Gasteiger partial charge in [0, 0.05) is 0 Å². The quantitative estimate of drug-likeness (QED) is 0.770. The van der Waals surface area contributed by atoms with E-state index in [0.717, 1.165) is 12.1 Å². The monoisotopic (exact) mass is 190 g/mol. The molecule has 1 atom stereocenters. The maximum atomic E-state index is 11.2. The Bertz CT molecular complexity index is 323. The van der Waals surface area contributed by atoms with Crippen LogP contribution in [0.25, 0.3) is 0 Å². The van der Waals surface area contributed by atoms with Gasteiger partial charge in [0.1, 0.15) is 0 Å². The molecule has 1 aliphatic heterocycles. The minimum Gasteiger partial charge on any atom is -0.282 e. The molecule has 0 spiro atoms. The maximum Gasteiger partial charge on any atom is 0.240 e.